The molecule has 1 saturated carbocycles. The molecule has 0 aliphatic heterocycles. The minimum atomic E-state index is 0.304. The van der Waals surface area contributed by atoms with E-state index in [0.29, 0.717) is 5.54 Å². The molecule has 0 spiro atoms. The number of hydrogen-bond donors (Lipinski definition) is 0. The largest absolute Gasteiger partial charge is 0.297 e. The van der Waals surface area contributed by atoms with Crippen LogP contribution < -0.4 is 0 Å². The van der Waals surface area contributed by atoms with Gasteiger partial charge in [0.2, 0.25) is 0 Å². The third-order valence-corrected chi connectivity index (χ3v) is 4.67. The lowest BCUT2D eigenvalue weighted by Crippen LogP contribution is -2.48. The summed E-state index contributed by atoms with van der Waals surface area (Å²) < 4.78 is 0. The summed E-state index contributed by atoms with van der Waals surface area (Å²) in [5.74, 6) is 0. The normalized spacial score (nSPS) is 17.9. The van der Waals surface area contributed by atoms with Crippen LogP contribution in [0.15, 0.2) is 42.5 Å². The minimum Gasteiger partial charge on any atom is -0.297 e. The Kier molecular flexibility index (Phi) is 2.87. The third kappa shape index (κ3) is 1.65. The van der Waals surface area contributed by atoms with Crippen LogP contribution in [0.1, 0.15) is 31.7 Å². The topological polar surface area (TPSA) is 3.24 Å². The standard InChI is InChI=1S/C17H21N/c1-3-18(2)17(11-6-12-17)16-10-9-14-7-4-5-8-15(14)13-16/h4-5,7-10,13H,3,6,11-12H2,1-2H3. The summed E-state index contributed by atoms with van der Waals surface area (Å²) in [4.78, 5) is 2.51. The maximum atomic E-state index is 2.51. The van der Waals surface area contributed by atoms with Gasteiger partial charge in [0.15, 0.2) is 0 Å². The van der Waals surface area contributed by atoms with Crippen LogP contribution in [0.2, 0.25) is 0 Å². The Balaban J connectivity index is 2.07. The quantitative estimate of drug-likeness (QED) is 0.777. The molecule has 0 atom stereocenters. The number of nitrogens with zero attached hydrogens (tertiary/aromatic N) is 1. The van der Waals surface area contributed by atoms with Crippen LogP contribution in [0.5, 0.6) is 0 Å². The van der Waals surface area contributed by atoms with Crippen LogP contribution in [-0.4, -0.2) is 18.5 Å². The fourth-order valence-electron chi connectivity index (χ4n) is 3.18. The molecule has 0 saturated heterocycles. The van der Waals surface area contributed by atoms with Crippen LogP contribution in [0, 0.1) is 0 Å². The fraction of sp³-hybridized carbons (Fsp3) is 0.412. The van der Waals surface area contributed by atoms with Crippen molar-refractivity contribution in [3.8, 4) is 0 Å². The van der Waals surface area contributed by atoms with Gasteiger partial charge in [0, 0.05) is 5.54 Å². The van der Waals surface area contributed by atoms with Crippen molar-refractivity contribution < 1.29 is 0 Å². The van der Waals surface area contributed by atoms with Crippen LogP contribution in [0.25, 0.3) is 10.8 Å². The van der Waals surface area contributed by atoms with Crippen molar-refractivity contribution in [2.75, 3.05) is 13.6 Å². The molecule has 3 rings (SSSR count). The lowest BCUT2D eigenvalue weighted by atomic mass is 9.70. The van der Waals surface area contributed by atoms with Gasteiger partial charge in [-0.15, -0.1) is 0 Å². The maximum Gasteiger partial charge on any atom is 0.0457 e. The summed E-state index contributed by atoms with van der Waals surface area (Å²) in [5, 5.41) is 2.71. The van der Waals surface area contributed by atoms with Crippen LogP contribution in [0.3, 0.4) is 0 Å². The molecule has 18 heavy (non-hydrogen) atoms. The predicted molar refractivity (Wildman–Crippen MR) is 77.8 cm³/mol. The first-order valence-corrected chi connectivity index (χ1v) is 6.97. The number of hydrogen-bond acceptors (Lipinski definition) is 1. The molecule has 0 aromatic heterocycles. The van der Waals surface area contributed by atoms with E-state index in [2.05, 4.69) is 61.3 Å². The Labute approximate surface area is 109 Å². The zero-order chi connectivity index (χ0) is 12.6. The molecule has 1 fully saturated rings. The molecule has 2 aromatic carbocycles. The highest BCUT2D eigenvalue weighted by Gasteiger charge is 2.41. The predicted octanol–water partition coefficient (Wildman–Crippen LogP) is 4.17. The van der Waals surface area contributed by atoms with Gasteiger partial charge in [-0.05, 0) is 55.3 Å². The zero-order valence-electron chi connectivity index (χ0n) is 11.3. The third-order valence-electron chi connectivity index (χ3n) is 4.67. The highest BCUT2D eigenvalue weighted by molar-refractivity contribution is 5.83. The van der Waals surface area contributed by atoms with E-state index in [1.807, 2.05) is 0 Å². The summed E-state index contributed by atoms with van der Waals surface area (Å²) in [6.45, 7) is 3.37. The summed E-state index contributed by atoms with van der Waals surface area (Å²) in [6.07, 6.45) is 3.96. The molecular weight excluding hydrogens is 218 g/mol. The van der Waals surface area contributed by atoms with E-state index in [1.54, 1.807) is 0 Å². The zero-order valence-corrected chi connectivity index (χ0v) is 11.3. The first-order valence-electron chi connectivity index (χ1n) is 6.97. The molecule has 0 bridgehead atoms. The minimum absolute atomic E-state index is 0.304. The highest BCUT2D eigenvalue weighted by Crippen LogP contribution is 2.46. The van der Waals surface area contributed by atoms with Gasteiger partial charge in [0.05, 0.1) is 0 Å². The molecular formula is C17H21N. The lowest BCUT2D eigenvalue weighted by molar-refractivity contribution is 0.0392. The van der Waals surface area contributed by atoms with Gasteiger partial charge in [-0.25, -0.2) is 0 Å². The van der Waals surface area contributed by atoms with Crippen LogP contribution in [-0.2, 0) is 5.54 Å². The number of benzene rings is 2. The maximum absolute atomic E-state index is 2.51. The van der Waals surface area contributed by atoms with Gasteiger partial charge in [-0.2, -0.15) is 0 Å². The Hall–Kier alpha value is -1.34. The molecule has 94 valence electrons. The molecule has 1 aliphatic carbocycles. The van der Waals surface area contributed by atoms with E-state index in [0.717, 1.165) is 6.54 Å². The van der Waals surface area contributed by atoms with Gasteiger partial charge >= 0.3 is 0 Å². The molecule has 0 unspecified atom stereocenters. The molecule has 0 radical (unpaired) electrons. The molecule has 1 aliphatic rings. The molecule has 1 nitrogen and oxygen atoms in total. The second-order valence-corrected chi connectivity index (χ2v) is 5.46. The van der Waals surface area contributed by atoms with Gasteiger partial charge in [0.25, 0.3) is 0 Å². The summed E-state index contributed by atoms with van der Waals surface area (Å²) >= 11 is 0. The van der Waals surface area contributed by atoms with Crippen molar-refractivity contribution in [3.05, 3.63) is 48.0 Å². The van der Waals surface area contributed by atoms with Gasteiger partial charge < -0.3 is 0 Å². The van der Waals surface area contributed by atoms with Crippen molar-refractivity contribution in [1.82, 2.24) is 4.90 Å². The van der Waals surface area contributed by atoms with Gasteiger partial charge in [-0.1, -0.05) is 43.3 Å². The van der Waals surface area contributed by atoms with E-state index in [1.165, 1.54) is 35.6 Å². The smallest absolute Gasteiger partial charge is 0.0457 e. The Morgan fingerprint density at radius 2 is 1.78 bits per heavy atom. The summed E-state index contributed by atoms with van der Waals surface area (Å²) in [5.41, 5.74) is 1.80. The average Bonchev–Trinajstić information content (AvgIpc) is 2.37. The van der Waals surface area contributed by atoms with Crippen molar-refractivity contribution in [2.24, 2.45) is 0 Å². The first-order chi connectivity index (χ1) is 8.76. The van der Waals surface area contributed by atoms with Crippen molar-refractivity contribution in [1.29, 1.82) is 0 Å². The van der Waals surface area contributed by atoms with E-state index in [4.69, 9.17) is 0 Å². The SMILES string of the molecule is CCN(C)C1(c2ccc3ccccc3c2)CCC1. The summed E-state index contributed by atoms with van der Waals surface area (Å²) in [6, 6.07) is 15.6. The molecule has 0 heterocycles. The van der Waals surface area contributed by atoms with Crippen LogP contribution >= 0.6 is 0 Å². The fourth-order valence-corrected chi connectivity index (χ4v) is 3.18. The number of rotatable bonds is 3. The second kappa shape index (κ2) is 4.40. The van der Waals surface area contributed by atoms with E-state index < -0.39 is 0 Å². The molecule has 0 amide bonds. The molecule has 0 N–H and O–H groups in total. The summed E-state index contributed by atoms with van der Waals surface area (Å²) in [7, 11) is 2.26. The van der Waals surface area contributed by atoms with Crippen molar-refractivity contribution in [3.63, 3.8) is 0 Å². The Bertz CT molecular complexity index is 554. The Morgan fingerprint density at radius 1 is 1.06 bits per heavy atom. The highest BCUT2D eigenvalue weighted by atomic mass is 15.2. The lowest BCUT2D eigenvalue weighted by Gasteiger charge is -2.49. The molecule has 2 aromatic rings. The number of fused-ring (bicyclic) bond motifs is 1. The van der Waals surface area contributed by atoms with Crippen molar-refractivity contribution >= 4 is 10.8 Å². The van der Waals surface area contributed by atoms with E-state index in [9.17, 15) is 0 Å². The van der Waals surface area contributed by atoms with Crippen LogP contribution in [0.4, 0.5) is 0 Å². The molecule has 1 heteroatoms. The Morgan fingerprint density at radius 3 is 2.39 bits per heavy atom. The van der Waals surface area contributed by atoms with E-state index in [-0.39, 0.29) is 0 Å². The van der Waals surface area contributed by atoms with Gasteiger partial charge in [0.1, 0.15) is 0 Å². The monoisotopic (exact) mass is 239 g/mol. The van der Waals surface area contributed by atoms with Gasteiger partial charge in [-0.3, -0.25) is 4.90 Å². The van der Waals surface area contributed by atoms with E-state index >= 15 is 0 Å². The second-order valence-electron chi connectivity index (χ2n) is 5.46. The van der Waals surface area contributed by atoms with Crippen molar-refractivity contribution in [2.45, 2.75) is 31.7 Å². The first kappa shape index (κ1) is 11.7. The average molecular weight is 239 g/mol.